The van der Waals surface area contributed by atoms with E-state index in [-0.39, 0.29) is 13.0 Å². The van der Waals surface area contributed by atoms with Crippen molar-refractivity contribution in [2.24, 2.45) is 0 Å². The Hall–Kier alpha value is -1.42. The van der Waals surface area contributed by atoms with Crippen LogP contribution in [0.5, 0.6) is 0 Å². The van der Waals surface area contributed by atoms with Crippen LogP contribution in [0.4, 0.5) is 4.39 Å². The summed E-state index contributed by atoms with van der Waals surface area (Å²) in [6.07, 6.45) is 0.254. The minimum absolute atomic E-state index is 0.130. The van der Waals surface area contributed by atoms with Crippen LogP contribution in [0.2, 0.25) is 5.02 Å². The number of rotatable bonds is 5. The summed E-state index contributed by atoms with van der Waals surface area (Å²) >= 11 is 6.03. The van der Waals surface area contributed by atoms with Gasteiger partial charge in [-0.15, -0.1) is 0 Å². The zero-order valence-corrected chi connectivity index (χ0v) is 11.9. The Balaban J connectivity index is 2.34. The third-order valence-corrected chi connectivity index (χ3v) is 3.54. The molecule has 0 fully saturated rings. The van der Waals surface area contributed by atoms with Crippen molar-refractivity contribution in [3.05, 3.63) is 70.5 Å². The molecule has 0 aliphatic heterocycles. The van der Waals surface area contributed by atoms with Gasteiger partial charge in [0.1, 0.15) is 11.4 Å². The largest absolute Gasteiger partial charge is 0.382 e. The van der Waals surface area contributed by atoms with Crippen LogP contribution in [0, 0.1) is 5.82 Å². The molecule has 0 aromatic heterocycles. The van der Waals surface area contributed by atoms with Crippen LogP contribution in [0.1, 0.15) is 11.1 Å². The monoisotopic (exact) mass is 294 g/mol. The second kappa shape index (κ2) is 6.35. The third-order valence-electron chi connectivity index (χ3n) is 3.19. The van der Waals surface area contributed by atoms with Gasteiger partial charge in [-0.2, -0.15) is 0 Å². The summed E-state index contributed by atoms with van der Waals surface area (Å²) in [6.45, 7) is 0.130. The molecule has 0 amide bonds. The van der Waals surface area contributed by atoms with E-state index in [0.717, 1.165) is 5.56 Å². The summed E-state index contributed by atoms with van der Waals surface area (Å²) in [5.41, 5.74) is 0.219. The standard InChI is InChI=1S/C16H16ClFO2/c1-20-11-16(19,13-5-3-2-4-6-13)10-12-7-8-14(18)9-15(12)17/h2-9,19H,10-11H2,1H3. The number of hydrogen-bond donors (Lipinski definition) is 1. The fourth-order valence-electron chi connectivity index (χ4n) is 2.20. The zero-order valence-electron chi connectivity index (χ0n) is 11.1. The molecule has 0 heterocycles. The Morgan fingerprint density at radius 1 is 1.20 bits per heavy atom. The number of ether oxygens (including phenoxy) is 1. The lowest BCUT2D eigenvalue weighted by Gasteiger charge is -2.28. The van der Waals surface area contributed by atoms with Gasteiger partial charge in [0.15, 0.2) is 0 Å². The van der Waals surface area contributed by atoms with Crippen molar-refractivity contribution < 1.29 is 14.2 Å². The van der Waals surface area contributed by atoms with E-state index in [1.165, 1.54) is 19.2 Å². The van der Waals surface area contributed by atoms with Crippen molar-refractivity contribution in [2.75, 3.05) is 13.7 Å². The first-order valence-corrected chi connectivity index (χ1v) is 6.64. The highest BCUT2D eigenvalue weighted by atomic mass is 35.5. The molecule has 20 heavy (non-hydrogen) atoms. The molecular formula is C16H16ClFO2. The molecule has 1 unspecified atom stereocenters. The Kier molecular flexibility index (Phi) is 4.76. The quantitative estimate of drug-likeness (QED) is 0.914. The molecule has 2 aromatic carbocycles. The van der Waals surface area contributed by atoms with Crippen molar-refractivity contribution in [1.82, 2.24) is 0 Å². The molecule has 2 rings (SSSR count). The molecule has 1 atom stereocenters. The summed E-state index contributed by atoms with van der Waals surface area (Å²) in [7, 11) is 1.53. The fourth-order valence-corrected chi connectivity index (χ4v) is 2.44. The second-order valence-electron chi connectivity index (χ2n) is 4.74. The predicted octanol–water partition coefficient (Wildman–Crippen LogP) is 3.56. The van der Waals surface area contributed by atoms with E-state index in [4.69, 9.17) is 16.3 Å². The van der Waals surface area contributed by atoms with Crippen LogP contribution >= 0.6 is 11.6 Å². The van der Waals surface area contributed by atoms with Crippen molar-refractivity contribution in [3.8, 4) is 0 Å². The topological polar surface area (TPSA) is 29.5 Å². The number of methoxy groups -OCH3 is 1. The lowest BCUT2D eigenvalue weighted by Crippen LogP contribution is -2.34. The van der Waals surface area contributed by atoms with Gasteiger partial charge in [0.25, 0.3) is 0 Å². The van der Waals surface area contributed by atoms with Gasteiger partial charge in [-0.05, 0) is 23.3 Å². The third kappa shape index (κ3) is 3.37. The van der Waals surface area contributed by atoms with E-state index in [9.17, 15) is 9.50 Å². The molecule has 0 aliphatic carbocycles. The molecule has 1 N–H and O–H groups in total. The smallest absolute Gasteiger partial charge is 0.124 e. The zero-order chi connectivity index (χ0) is 14.6. The summed E-state index contributed by atoms with van der Waals surface area (Å²) < 4.78 is 18.2. The number of aliphatic hydroxyl groups is 1. The van der Waals surface area contributed by atoms with E-state index in [1.54, 1.807) is 6.07 Å². The van der Waals surface area contributed by atoms with Crippen molar-refractivity contribution in [3.63, 3.8) is 0 Å². The van der Waals surface area contributed by atoms with E-state index in [2.05, 4.69) is 0 Å². The Bertz CT molecular complexity index is 574. The highest BCUT2D eigenvalue weighted by molar-refractivity contribution is 6.31. The Morgan fingerprint density at radius 2 is 1.90 bits per heavy atom. The first-order valence-electron chi connectivity index (χ1n) is 6.26. The van der Waals surface area contributed by atoms with Crippen LogP contribution in [0.15, 0.2) is 48.5 Å². The van der Waals surface area contributed by atoms with Crippen molar-refractivity contribution in [2.45, 2.75) is 12.0 Å². The van der Waals surface area contributed by atoms with Crippen molar-refractivity contribution in [1.29, 1.82) is 0 Å². The van der Waals surface area contributed by atoms with E-state index >= 15 is 0 Å². The van der Waals surface area contributed by atoms with Crippen molar-refractivity contribution >= 4 is 11.6 Å². The van der Waals surface area contributed by atoms with Crippen LogP contribution < -0.4 is 0 Å². The fraction of sp³-hybridized carbons (Fsp3) is 0.250. The first-order chi connectivity index (χ1) is 9.55. The number of hydrogen-bond acceptors (Lipinski definition) is 2. The molecule has 2 aromatic rings. The maximum Gasteiger partial charge on any atom is 0.124 e. The lowest BCUT2D eigenvalue weighted by molar-refractivity contribution is -0.0355. The van der Waals surface area contributed by atoms with Gasteiger partial charge in [0.05, 0.1) is 6.61 Å². The molecule has 2 nitrogen and oxygen atoms in total. The van der Waals surface area contributed by atoms with Gasteiger partial charge in [-0.25, -0.2) is 4.39 Å². The molecule has 106 valence electrons. The second-order valence-corrected chi connectivity index (χ2v) is 5.15. The van der Waals surface area contributed by atoms with Gasteiger partial charge < -0.3 is 9.84 Å². The molecule has 0 saturated carbocycles. The van der Waals surface area contributed by atoms with Crippen LogP contribution in [0.3, 0.4) is 0 Å². The molecule has 0 bridgehead atoms. The maximum absolute atomic E-state index is 13.1. The van der Waals surface area contributed by atoms with Crippen LogP contribution in [0.25, 0.3) is 0 Å². The SMILES string of the molecule is COCC(O)(Cc1ccc(F)cc1Cl)c1ccccc1. The van der Waals surface area contributed by atoms with Crippen LogP contribution in [-0.4, -0.2) is 18.8 Å². The molecular weight excluding hydrogens is 279 g/mol. The average Bonchev–Trinajstić information content (AvgIpc) is 2.43. The number of halogens is 2. The van der Waals surface area contributed by atoms with Gasteiger partial charge in [-0.1, -0.05) is 48.0 Å². The Morgan fingerprint density at radius 3 is 2.50 bits per heavy atom. The minimum atomic E-state index is -1.20. The first kappa shape index (κ1) is 15.0. The summed E-state index contributed by atoms with van der Waals surface area (Å²) in [5, 5.41) is 11.2. The Labute approximate surface area is 122 Å². The lowest BCUT2D eigenvalue weighted by atomic mass is 9.88. The maximum atomic E-state index is 13.1. The summed E-state index contributed by atoms with van der Waals surface area (Å²) in [4.78, 5) is 0. The van der Waals surface area contributed by atoms with Gasteiger partial charge in [0.2, 0.25) is 0 Å². The van der Waals surface area contributed by atoms with E-state index in [0.29, 0.717) is 10.6 Å². The van der Waals surface area contributed by atoms with Gasteiger partial charge in [-0.3, -0.25) is 0 Å². The molecule has 0 aliphatic rings. The molecule has 0 radical (unpaired) electrons. The molecule has 4 heteroatoms. The molecule has 0 saturated heterocycles. The van der Waals surface area contributed by atoms with Crippen LogP contribution in [-0.2, 0) is 16.8 Å². The molecule has 0 spiro atoms. The van der Waals surface area contributed by atoms with E-state index in [1.807, 2.05) is 30.3 Å². The minimum Gasteiger partial charge on any atom is -0.382 e. The van der Waals surface area contributed by atoms with Gasteiger partial charge in [0, 0.05) is 18.6 Å². The number of benzene rings is 2. The average molecular weight is 295 g/mol. The van der Waals surface area contributed by atoms with Gasteiger partial charge >= 0.3 is 0 Å². The van der Waals surface area contributed by atoms with E-state index < -0.39 is 11.4 Å². The predicted molar refractivity (Wildman–Crippen MR) is 77.3 cm³/mol. The highest BCUT2D eigenvalue weighted by Crippen LogP contribution is 2.29. The normalized spacial score (nSPS) is 14.0. The summed E-state index contributed by atoms with van der Waals surface area (Å²) in [5.74, 6) is -0.395. The highest BCUT2D eigenvalue weighted by Gasteiger charge is 2.30. The summed E-state index contributed by atoms with van der Waals surface area (Å²) in [6, 6.07) is 13.4.